The van der Waals surface area contributed by atoms with Crippen LogP contribution < -0.4 is 10.1 Å². The number of hydrogen-bond acceptors (Lipinski definition) is 4. The van der Waals surface area contributed by atoms with E-state index in [0.717, 1.165) is 16.5 Å². The van der Waals surface area contributed by atoms with Crippen molar-refractivity contribution in [3.63, 3.8) is 0 Å². The molecule has 3 aromatic rings. The molecule has 0 aliphatic rings. The minimum Gasteiger partial charge on any atom is -0.491 e. The fourth-order valence-corrected chi connectivity index (χ4v) is 2.88. The van der Waals surface area contributed by atoms with Crippen LogP contribution in [0.5, 0.6) is 5.75 Å². The number of benzene rings is 3. The smallest absolute Gasteiger partial charge is 0.340 e. The number of ether oxygens (including phenoxy) is 2. The minimum atomic E-state index is -0.431. The number of nitrogens with one attached hydrogen (secondary N) is 1. The van der Waals surface area contributed by atoms with E-state index in [0.29, 0.717) is 29.4 Å². The van der Waals surface area contributed by atoms with E-state index in [1.165, 1.54) is 7.11 Å². The summed E-state index contributed by atoms with van der Waals surface area (Å²) < 4.78 is 10.7. The first-order valence-electron chi connectivity index (χ1n) is 7.92. The first-order valence-corrected chi connectivity index (χ1v) is 8.30. The van der Waals surface area contributed by atoms with E-state index >= 15 is 0 Å². The summed E-state index contributed by atoms with van der Waals surface area (Å²) in [4.78, 5) is 11.8. The monoisotopic (exact) mass is 355 g/mol. The molecular weight excluding hydrogens is 338 g/mol. The van der Waals surface area contributed by atoms with Gasteiger partial charge < -0.3 is 14.8 Å². The molecule has 0 bridgehead atoms. The van der Waals surface area contributed by atoms with Gasteiger partial charge in [-0.2, -0.15) is 0 Å². The first-order chi connectivity index (χ1) is 12.2. The first kappa shape index (κ1) is 17.1. The second-order valence-electron chi connectivity index (χ2n) is 5.41. The summed E-state index contributed by atoms with van der Waals surface area (Å²) in [6.45, 7) is 0.927. The Labute approximate surface area is 151 Å². The molecule has 0 atom stereocenters. The van der Waals surface area contributed by atoms with Gasteiger partial charge in [-0.3, -0.25) is 0 Å². The molecule has 1 N–H and O–H groups in total. The molecule has 0 unspecified atom stereocenters. The Morgan fingerprint density at radius 1 is 1.04 bits per heavy atom. The fourth-order valence-electron chi connectivity index (χ4n) is 2.64. The van der Waals surface area contributed by atoms with Crippen molar-refractivity contribution >= 4 is 34.0 Å². The number of methoxy groups -OCH3 is 1. The fraction of sp³-hybridized carbons (Fsp3) is 0.150. The Kier molecular flexibility index (Phi) is 5.41. The van der Waals surface area contributed by atoms with Gasteiger partial charge in [0.15, 0.2) is 0 Å². The molecule has 0 spiro atoms. The lowest BCUT2D eigenvalue weighted by Crippen LogP contribution is -2.15. The van der Waals surface area contributed by atoms with Gasteiger partial charge >= 0.3 is 5.97 Å². The standard InChI is InChI=1S/C20H18ClNO3/c1-24-20(23)16-9-5-10-17(21)19(16)22-12-13-25-18-11-4-7-14-6-2-3-8-15(14)18/h2-11,22H,12-13H2,1H3. The van der Waals surface area contributed by atoms with Crippen molar-refractivity contribution in [1.29, 1.82) is 0 Å². The third-order valence-corrected chi connectivity index (χ3v) is 4.14. The number of rotatable bonds is 6. The van der Waals surface area contributed by atoms with E-state index in [1.54, 1.807) is 18.2 Å². The van der Waals surface area contributed by atoms with Gasteiger partial charge in [0.1, 0.15) is 12.4 Å². The molecule has 3 aromatic carbocycles. The van der Waals surface area contributed by atoms with Gasteiger partial charge in [0, 0.05) is 11.9 Å². The Morgan fingerprint density at radius 2 is 1.80 bits per heavy atom. The summed E-state index contributed by atoms with van der Waals surface area (Å²) in [5.41, 5.74) is 0.956. The van der Waals surface area contributed by atoms with Crippen LogP contribution in [0.15, 0.2) is 60.7 Å². The zero-order valence-electron chi connectivity index (χ0n) is 13.8. The van der Waals surface area contributed by atoms with Crippen molar-refractivity contribution in [2.24, 2.45) is 0 Å². The predicted octanol–water partition coefficient (Wildman–Crippen LogP) is 4.77. The number of carbonyl (C=O) groups is 1. The van der Waals surface area contributed by atoms with Gasteiger partial charge in [-0.15, -0.1) is 0 Å². The molecule has 0 fully saturated rings. The van der Waals surface area contributed by atoms with E-state index in [1.807, 2.05) is 42.5 Å². The number of hydrogen-bond donors (Lipinski definition) is 1. The molecule has 3 rings (SSSR count). The molecule has 128 valence electrons. The molecule has 4 nitrogen and oxygen atoms in total. The second-order valence-corrected chi connectivity index (χ2v) is 5.81. The van der Waals surface area contributed by atoms with Gasteiger partial charge in [0.2, 0.25) is 0 Å². The molecule has 0 heterocycles. The predicted molar refractivity (Wildman–Crippen MR) is 101 cm³/mol. The number of esters is 1. The molecule has 0 aromatic heterocycles. The highest BCUT2D eigenvalue weighted by atomic mass is 35.5. The average molecular weight is 356 g/mol. The van der Waals surface area contributed by atoms with Crippen molar-refractivity contribution in [2.45, 2.75) is 0 Å². The SMILES string of the molecule is COC(=O)c1cccc(Cl)c1NCCOc1cccc2ccccc12. The Bertz CT molecular complexity index is 890. The lowest BCUT2D eigenvalue weighted by molar-refractivity contribution is 0.0602. The highest BCUT2D eigenvalue weighted by Crippen LogP contribution is 2.27. The van der Waals surface area contributed by atoms with Crippen molar-refractivity contribution in [3.8, 4) is 5.75 Å². The van der Waals surface area contributed by atoms with Crippen LogP contribution in [0.1, 0.15) is 10.4 Å². The zero-order chi connectivity index (χ0) is 17.6. The molecule has 25 heavy (non-hydrogen) atoms. The van der Waals surface area contributed by atoms with Crippen LogP contribution in [0.4, 0.5) is 5.69 Å². The highest BCUT2D eigenvalue weighted by Gasteiger charge is 2.14. The van der Waals surface area contributed by atoms with Crippen LogP contribution in [0.2, 0.25) is 5.02 Å². The van der Waals surface area contributed by atoms with Crippen molar-refractivity contribution in [2.75, 3.05) is 25.6 Å². The van der Waals surface area contributed by atoms with E-state index < -0.39 is 5.97 Å². The lowest BCUT2D eigenvalue weighted by atomic mass is 10.1. The number of halogens is 1. The molecule has 0 radical (unpaired) electrons. The minimum absolute atomic E-state index is 0.403. The van der Waals surface area contributed by atoms with E-state index in [-0.39, 0.29) is 0 Å². The quantitative estimate of drug-likeness (QED) is 0.511. The maximum atomic E-state index is 11.8. The summed E-state index contributed by atoms with van der Waals surface area (Å²) in [6, 6.07) is 19.1. The van der Waals surface area contributed by atoms with Gasteiger partial charge in [-0.05, 0) is 23.6 Å². The molecule has 0 aliphatic heterocycles. The maximum Gasteiger partial charge on any atom is 0.340 e. The normalized spacial score (nSPS) is 10.5. The molecule has 0 saturated heterocycles. The van der Waals surface area contributed by atoms with E-state index in [9.17, 15) is 4.79 Å². The van der Waals surface area contributed by atoms with Crippen molar-refractivity contribution < 1.29 is 14.3 Å². The molecule has 0 saturated carbocycles. The highest BCUT2D eigenvalue weighted by molar-refractivity contribution is 6.34. The van der Waals surface area contributed by atoms with Crippen LogP contribution in [-0.2, 0) is 4.74 Å². The number of anilines is 1. The van der Waals surface area contributed by atoms with Gasteiger partial charge in [-0.25, -0.2) is 4.79 Å². The van der Waals surface area contributed by atoms with Crippen LogP contribution >= 0.6 is 11.6 Å². The second kappa shape index (κ2) is 7.90. The summed E-state index contributed by atoms with van der Waals surface area (Å²) >= 11 is 6.19. The number of fused-ring (bicyclic) bond motifs is 1. The van der Waals surface area contributed by atoms with E-state index in [4.69, 9.17) is 21.1 Å². The Balaban J connectivity index is 1.67. The van der Waals surface area contributed by atoms with E-state index in [2.05, 4.69) is 5.32 Å². The maximum absolute atomic E-state index is 11.8. The van der Waals surface area contributed by atoms with Crippen LogP contribution in [0.25, 0.3) is 10.8 Å². The molecule has 0 amide bonds. The lowest BCUT2D eigenvalue weighted by Gasteiger charge is -2.14. The molecular formula is C20H18ClNO3. The van der Waals surface area contributed by atoms with Gasteiger partial charge in [-0.1, -0.05) is 54.1 Å². The third kappa shape index (κ3) is 3.86. The molecule has 5 heteroatoms. The van der Waals surface area contributed by atoms with Crippen molar-refractivity contribution in [1.82, 2.24) is 0 Å². The number of para-hydroxylation sites is 1. The summed E-state index contributed by atoms with van der Waals surface area (Å²) in [7, 11) is 1.34. The topological polar surface area (TPSA) is 47.6 Å². The molecule has 0 aliphatic carbocycles. The largest absolute Gasteiger partial charge is 0.491 e. The summed E-state index contributed by atoms with van der Waals surface area (Å²) in [6.07, 6.45) is 0. The Hall–Kier alpha value is -2.72. The summed E-state index contributed by atoms with van der Waals surface area (Å²) in [5.74, 6) is 0.396. The van der Waals surface area contributed by atoms with Gasteiger partial charge in [0.25, 0.3) is 0 Å². The zero-order valence-corrected chi connectivity index (χ0v) is 14.5. The Morgan fingerprint density at radius 3 is 2.64 bits per heavy atom. The third-order valence-electron chi connectivity index (χ3n) is 3.83. The van der Waals surface area contributed by atoms with Crippen molar-refractivity contribution in [3.05, 3.63) is 71.2 Å². The average Bonchev–Trinajstić information content (AvgIpc) is 2.65. The van der Waals surface area contributed by atoms with Crippen LogP contribution in [-0.4, -0.2) is 26.2 Å². The van der Waals surface area contributed by atoms with Crippen LogP contribution in [0.3, 0.4) is 0 Å². The number of carbonyl (C=O) groups excluding carboxylic acids is 1. The summed E-state index contributed by atoms with van der Waals surface area (Å²) in [5, 5.41) is 5.82. The van der Waals surface area contributed by atoms with Gasteiger partial charge in [0.05, 0.1) is 23.4 Å². The van der Waals surface area contributed by atoms with Crippen LogP contribution in [0, 0.1) is 0 Å².